The van der Waals surface area contributed by atoms with Crippen molar-refractivity contribution < 1.29 is 23.8 Å². The maximum absolute atomic E-state index is 15.2. The van der Waals surface area contributed by atoms with Crippen molar-refractivity contribution in [3.05, 3.63) is 60.2 Å². The summed E-state index contributed by atoms with van der Waals surface area (Å²) in [5.74, 6) is -0.168. The third-order valence-electron chi connectivity index (χ3n) is 6.98. The molecule has 9 nitrogen and oxygen atoms in total. The molecule has 5 rings (SSSR count). The van der Waals surface area contributed by atoms with Gasteiger partial charge in [0.15, 0.2) is 5.65 Å². The summed E-state index contributed by atoms with van der Waals surface area (Å²) >= 11 is 0. The van der Waals surface area contributed by atoms with Crippen LogP contribution in [0.1, 0.15) is 46.0 Å². The zero-order chi connectivity index (χ0) is 27.4. The fraction of sp³-hybridized carbons (Fsp3) is 0.345. The number of allylic oxidation sites excluding steroid dienone is 1. The molecule has 0 bridgehead atoms. The maximum atomic E-state index is 15.2. The van der Waals surface area contributed by atoms with E-state index in [1.807, 2.05) is 26.0 Å². The number of ether oxygens (including phenoxy) is 2. The van der Waals surface area contributed by atoms with Gasteiger partial charge >= 0.3 is 12.0 Å². The fourth-order valence-electron chi connectivity index (χ4n) is 4.62. The number of aromatic nitrogens is 5. The van der Waals surface area contributed by atoms with Crippen LogP contribution in [0.4, 0.5) is 4.39 Å². The molecule has 10 heteroatoms. The average molecular weight is 532 g/mol. The summed E-state index contributed by atoms with van der Waals surface area (Å²) in [4.78, 5) is 31.5. The van der Waals surface area contributed by atoms with Gasteiger partial charge in [-0.1, -0.05) is 12.1 Å². The Kier molecular flexibility index (Phi) is 7.81. The van der Waals surface area contributed by atoms with Crippen molar-refractivity contribution in [2.24, 2.45) is 5.92 Å². The van der Waals surface area contributed by atoms with Crippen LogP contribution in [0, 0.1) is 11.7 Å². The lowest BCUT2D eigenvalue weighted by atomic mass is 9.85. The van der Waals surface area contributed by atoms with E-state index in [9.17, 15) is 4.79 Å². The first-order chi connectivity index (χ1) is 18.9. The van der Waals surface area contributed by atoms with Crippen molar-refractivity contribution >= 4 is 17.1 Å². The normalized spacial score (nSPS) is 17.8. The highest BCUT2D eigenvalue weighted by Crippen LogP contribution is 2.30. The van der Waals surface area contributed by atoms with Crippen molar-refractivity contribution in [3.8, 4) is 34.4 Å². The van der Waals surface area contributed by atoms with Gasteiger partial charge in [-0.3, -0.25) is 4.79 Å². The third kappa shape index (κ3) is 6.39. The molecule has 1 aromatic carbocycles. The Morgan fingerprint density at radius 2 is 1.87 bits per heavy atom. The summed E-state index contributed by atoms with van der Waals surface area (Å²) in [5, 5.41) is 8.97. The number of carboxylic acids is 1. The second-order valence-corrected chi connectivity index (χ2v) is 9.84. The molecule has 4 aromatic rings. The molecule has 1 saturated carbocycles. The Hall–Kier alpha value is -4.34. The number of benzene rings is 1. The molecule has 1 fully saturated rings. The van der Waals surface area contributed by atoms with Crippen LogP contribution in [-0.4, -0.2) is 48.7 Å². The van der Waals surface area contributed by atoms with Crippen LogP contribution in [0.2, 0.25) is 0 Å². The summed E-state index contributed by atoms with van der Waals surface area (Å²) in [5.41, 5.74) is 3.82. The topological polar surface area (TPSA) is 123 Å². The minimum Gasteiger partial charge on any atom is -0.481 e. The number of carbonyl (C=O) groups is 1. The molecule has 0 saturated heterocycles. The number of imidazole rings is 1. The van der Waals surface area contributed by atoms with Gasteiger partial charge in [0, 0.05) is 30.4 Å². The number of fused-ring (bicyclic) bond motifs is 1. The molecule has 3 heterocycles. The molecule has 0 atom stereocenters. The van der Waals surface area contributed by atoms with E-state index < -0.39 is 11.8 Å². The molecular weight excluding hydrogens is 501 g/mol. The fourth-order valence-corrected chi connectivity index (χ4v) is 4.62. The van der Waals surface area contributed by atoms with Gasteiger partial charge in [-0.15, -0.1) is 0 Å². The predicted octanol–water partition coefficient (Wildman–Crippen LogP) is 5.98. The van der Waals surface area contributed by atoms with E-state index >= 15 is 4.39 Å². The van der Waals surface area contributed by atoms with Gasteiger partial charge in [0.05, 0.1) is 11.1 Å². The molecule has 3 aromatic heterocycles. The van der Waals surface area contributed by atoms with Crippen LogP contribution in [-0.2, 0) is 4.79 Å². The van der Waals surface area contributed by atoms with E-state index in [-0.39, 0.29) is 24.5 Å². The van der Waals surface area contributed by atoms with Gasteiger partial charge < -0.3 is 19.6 Å². The quantitative estimate of drug-likeness (QED) is 0.253. The Balaban J connectivity index is 1.24. The second kappa shape index (κ2) is 11.6. The highest BCUT2D eigenvalue weighted by atomic mass is 19.1. The molecule has 0 radical (unpaired) electrons. The molecule has 39 heavy (non-hydrogen) atoms. The molecule has 2 N–H and O–H groups in total. The Labute approximate surface area is 225 Å². The smallest absolute Gasteiger partial charge is 0.316 e. The standard InChI is InChI=1S/C29H30FN5O4/c1-3-17(2)16-38-25-11-10-24-28(34-25)35-27(33-24)22-9-6-19(13-23(22)30)20-14-31-29(32-15-20)39-21-7-4-18(5-8-21)12-26(36)37/h3,6,9-11,13-15,18,21H,4-5,7-8,12,16H2,1-2H3,(H,36,37)(H,33,34,35)/b17-3+. The lowest BCUT2D eigenvalue weighted by Crippen LogP contribution is -2.25. The number of nitrogens with zero attached hydrogens (tertiary/aromatic N) is 4. The van der Waals surface area contributed by atoms with Crippen molar-refractivity contribution in [2.45, 2.75) is 52.1 Å². The Morgan fingerprint density at radius 3 is 2.56 bits per heavy atom. The predicted molar refractivity (Wildman–Crippen MR) is 144 cm³/mol. The van der Waals surface area contributed by atoms with Gasteiger partial charge in [0.1, 0.15) is 24.4 Å². The number of aromatic amines is 1. The number of hydrogen-bond donors (Lipinski definition) is 2. The maximum Gasteiger partial charge on any atom is 0.316 e. The first-order valence-electron chi connectivity index (χ1n) is 13.0. The molecule has 0 amide bonds. The van der Waals surface area contributed by atoms with Gasteiger partial charge in [-0.2, -0.15) is 4.98 Å². The lowest BCUT2D eigenvalue weighted by Gasteiger charge is -2.27. The summed E-state index contributed by atoms with van der Waals surface area (Å²) in [7, 11) is 0. The first kappa shape index (κ1) is 26.3. The van der Waals surface area contributed by atoms with Gasteiger partial charge in [0.25, 0.3) is 0 Å². The molecular formula is C29H30FN5O4. The molecule has 0 spiro atoms. The number of hydrogen-bond acceptors (Lipinski definition) is 7. The number of rotatable bonds is 9. The van der Waals surface area contributed by atoms with E-state index in [2.05, 4.69) is 24.9 Å². The van der Waals surface area contributed by atoms with Crippen LogP contribution in [0.5, 0.6) is 11.9 Å². The number of H-pyrrole nitrogens is 1. The summed E-state index contributed by atoms with van der Waals surface area (Å²) in [6.07, 6.45) is 8.53. The van der Waals surface area contributed by atoms with Gasteiger partial charge in [0.2, 0.25) is 5.88 Å². The van der Waals surface area contributed by atoms with E-state index in [4.69, 9.17) is 14.6 Å². The first-order valence-corrected chi connectivity index (χ1v) is 13.0. The summed E-state index contributed by atoms with van der Waals surface area (Å²) in [6.45, 7) is 4.37. The molecule has 0 aliphatic heterocycles. The van der Waals surface area contributed by atoms with Crippen LogP contribution >= 0.6 is 0 Å². The van der Waals surface area contributed by atoms with Crippen LogP contribution in [0.25, 0.3) is 33.7 Å². The largest absolute Gasteiger partial charge is 0.481 e. The zero-order valence-electron chi connectivity index (χ0n) is 21.9. The van der Waals surface area contributed by atoms with Crippen molar-refractivity contribution in [2.75, 3.05) is 6.61 Å². The Bertz CT molecular complexity index is 1490. The van der Waals surface area contributed by atoms with Gasteiger partial charge in [-0.25, -0.2) is 19.3 Å². The van der Waals surface area contributed by atoms with Crippen molar-refractivity contribution in [1.82, 2.24) is 24.9 Å². The van der Waals surface area contributed by atoms with Crippen LogP contribution in [0.3, 0.4) is 0 Å². The summed E-state index contributed by atoms with van der Waals surface area (Å²) < 4.78 is 26.7. The van der Waals surface area contributed by atoms with E-state index in [1.165, 1.54) is 6.07 Å². The third-order valence-corrected chi connectivity index (χ3v) is 6.98. The molecule has 0 unspecified atom stereocenters. The van der Waals surface area contributed by atoms with Crippen molar-refractivity contribution in [1.29, 1.82) is 0 Å². The highest BCUT2D eigenvalue weighted by Gasteiger charge is 2.24. The van der Waals surface area contributed by atoms with E-state index in [1.54, 1.807) is 30.6 Å². The van der Waals surface area contributed by atoms with Gasteiger partial charge in [-0.05, 0) is 74.8 Å². The number of carboxylic acid groups (broad SMARTS) is 1. The molecule has 202 valence electrons. The van der Waals surface area contributed by atoms with Crippen LogP contribution in [0.15, 0.2) is 54.4 Å². The SMILES string of the molecule is C/C=C(\C)COc1ccc2[nH]c(-c3ccc(-c4cnc(OC5CCC(CC(=O)O)CC5)nc4)cc3F)nc2n1. The number of nitrogens with one attached hydrogen (secondary N) is 1. The zero-order valence-corrected chi connectivity index (χ0v) is 21.9. The summed E-state index contributed by atoms with van der Waals surface area (Å²) in [6, 6.07) is 8.70. The lowest BCUT2D eigenvalue weighted by molar-refractivity contribution is -0.138. The van der Waals surface area contributed by atoms with Crippen molar-refractivity contribution in [3.63, 3.8) is 0 Å². The van der Waals surface area contributed by atoms with E-state index in [0.29, 0.717) is 46.2 Å². The highest BCUT2D eigenvalue weighted by molar-refractivity contribution is 5.77. The minimum absolute atomic E-state index is 0.0316. The number of pyridine rings is 1. The number of halogens is 1. The monoisotopic (exact) mass is 531 g/mol. The average Bonchev–Trinajstić information content (AvgIpc) is 3.36. The Morgan fingerprint density at radius 1 is 1.10 bits per heavy atom. The van der Waals surface area contributed by atoms with Crippen LogP contribution < -0.4 is 9.47 Å². The molecule has 1 aliphatic carbocycles. The molecule has 1 aliphatic rings. The second-order valence-electron chi connectivity index (χ2n) is 9.84. The van der Waals surface area contributed by atoms with E-state index in [0.717, 1.165) is 31.3 Å². The minimum atomic E-state index is -0.757. The number of aliphatic carboxylic acids is 1.